The summed E-state index contributed by atoms with van der Waals surface area (Å²) in [5, 5.41) is 0. The van der Waals surface area contributed by atoms with E-state index in [9.17, 15) is 0 Å². The van der Waals surface area contributed by atoms with Gasteiger partial charge in [-0.15, -0.1) is 0 Å². The predicted molar refractivity (Wildman–Crippen MR) is 94.1 cm³/mol. The number of thioether (sulfide) groups is 1. The Morgan fingerprint density at radius 1 is 1.38 bits per heavy atom. The number of hydrogen-bond donors (Lipinski definition) is 0. The molecule has 0 N–H and O–H groups in total. The molecule has 0 fully saturated rings. The highest BCUT2D eigenvalue weighted by Crippen LogP contribution is 2.31. The topological polar surface area (TPSA) is 38.8 Å². The predicted octanol–water partition coefficient (Wildman–Crippen LogP) is 4.72. The van der Waals surface area contributed by atoms with Crippen LogP contribution in [0.3, 0.4) is 0 Å². The SMILES string of the molecule is CCN(CCSCCOC)c1cc(=S)c2occ(Br)c2o1. The summed E-state index contributed by atoms with van der Waals surface area (Å²) >= 11 is 10.7. The van der Waals surface area contributed by atoms with Crippen molar-refractivity contribution in [1.29, 1.82) is 0 Å². The third kappa shape index (κ3) is 4.25. The van der Waals surface area contributed by atoms with Gasteiger partial charge in [0.1, 0.15) is 6.26 Å². The number of rotatable bonds is 8. The standard InChI is InChI=1S/C14H18BrNO3S2/c1-3-16(4-6-21-7-5-17-2)12-8-11(20)14-13(19-12)10(15)9-18-14/h8-9H,3-7H2,1-2H3. The van der Waals surface area contributed by atoms with Crippen LogP contribution in [0.15, 0.2) is 25.6 Å². The van der Waals surface area contributed by atoms with E-state index in [-0.39, 0.29) is 0 Å². The first-order chi connectivity index (χ1) is 10.2. The minimum absolute atomic E-state index is 0.617. The van der Waals surface area contributed by atoms with E-state index in [1.54, 1.807) is 13.4 Å². The van der Waals surface area contributed by atoms with Gasteiger partial charge in [-0.2, -0.15) is 11.8 Å². The third-order valence-corrected chi connectivity index (χ3v) is 4.80. The Hall–Kier alpha value is -0.500. The summed E-state index contributed by atoms with van der Waals surface area (Å²) in [6.07, 6.45) is 1.60. The minimum Gasteiger partial charge on any atom is -0.458 e. The molecule has 0 aliphatic heterocycles. The first kappa shape index (κ1) is 16.9. The number of nitrogens with zero attached hydrogens (tertiary/aromatic N) is 1. The van der Waals surface area contributed by atoms with Crippen LogP contribution < -0.4 is 4.90 Å². The number of methoxy groups -OCH3 is 1. The summed E-state index contributed by atoms with van der Waals surface area (Å²) in [6, 6.07) is 1.86. The lowest BCUT2D eigenvalue weighted by Gasteiger charge is -2.21. The highest BCUT2D eigenvalue weighted by Gasteiger charge is 2.13. The maximum atomic E-state index is 5.93. The molecule has 2 aromatic heterocycles. The van der Waals surface area contributed by atoms with Gasteiger partial charge in [0.2, 0.25) is 0 Å². The van der Waals surface area contributed by atoms with Crippen molar-refractivity contribution in [3.8, 4) is 0 Å². The molecule has 116 valence electrons. The van der Waals surface area contributed by atoms with Gasteiger partial charge in [0.25, 0.3) is 0 Å². The zero-order chi connectivity index (χ0) is 15.2. The van der Waals surface area contributed by atoms with Crippen LogP contribution in [0, 0.1) is 4.51 Å². The lowest BCUT2D eigenvalue weighted by molar-refractivity contribution is 0.218. The normalized spacial score (nSPS) is 11.2. The molecule has 0 aliphatic carbocycles. The molecule has 0 unspecified atom stereocenters. The first-order valence-electron chi connectivity index (χ1n) is 6.69. The Morgan fingerprint density at radius 2 is 2.19 bits per heavy atom. The van der Waals surface area contributed by atoms with Crippen molar-refractivity contribution in [2.24, 2.45) is 0 Å². The zero-order valence-corrected chi connectivity index (χ0v) is 15.3. The average Bonchev–Trinajstić information content (AvgIpc) is 2.85. The van der Waals surface area contributed by atoms with E-state index >= 15 is 0 Å². The molecule has 0 atom stereocenters. The van der Waals surface area contributed by atoms with Crippen molar-refractivity contribution >= 4 is 57.0 Å². The number of ether oxygens (including phenoxy) is 1. The molecule has 0 radical (unpaired) electrons. The van der Waals surface area contributed by atoms with Crippen LogP contribution in [0.4, 0.5) is 5.88 Å². The van der Waals surface area contributed by atoms with Crippen molar-refractivity contribution in [2.45, 2.75) is 6.92 Å². The molecule has 4 nitrogen and oxygen atoms in total. The third-order valence-electron chi connectivity index (χ3n) is 3.02. The Balaban J connectivity index is 2.10. The number of fused-ring (bicyclic) bond motifs is 1. The smallest absolute Gasteiger partial charge is 0.197 e. The fraction of sp³-hybridized carbons (Fsp3) is 0.500. The van der Waals surface area contributed by atoms with E-state index in [4.69, 9.17) is 25.8 Å². The number of anilines is 1. The largest absolute Gasteiger partial charge is 0.458 e. The summed E-state index contributed by atoms with van der Waals surface area (Å²) in [5.41, 5.74) is 1.29. The molecule has 2 rings (SSSR count). The van der Waals surface area contributed by atoms with Crippen LogP contribution in [0.25, 0.3) is 11.2 Å². The highest BCUT2D eigenvalue weighted by molar-refractivity contribution is 9.10. The lowest BCUT2D eigenvalue weighted by Crippen LogP contribution is -2.25. The second kappa shape index (κ2) is 8.22. The van der Waals surface area contributed by atoms with Crippen LogP contribution in [-0.4, -0.2) is 38.3 Å². The Morgan fingerprint density at radius 3 is 2.90 bits per heavy atom. The summed E-state index contributed by atoms with van der Waals surface area (Å²) in [7, 11) is 1.72. The monoisotopic (exact) mass is 391 g/mol. The number of halogens is 1. The molecule has 0 saturated heterocycles. The van der Waals surface area contributed by atoms with Gasteiger partial charge in [-0.3, -0.25) is 0 Å². The van der Waals surface area contributed by atoms with Gasteiger partial charge >= 0.3 is 0 Å². The minimum atomic E-state index is 0.617. The van der Waals surface area contributed by atoms with Crippen molar-refractivity contribution in [2.75, 3.05) is 43.2 Å². The van der Waals surface area contributed by atoms with Crippen molar-refractivity contribution < 1.29 is 13.6 Å². The van der Waals surface area contributed by atoms with Gasteiger partial charge in [-0.25, -0.2) is 0 Å². The molecule has 0 amide bonds. The number of hydrogen-bond acceptors (Lipinski definition) is 6. The molecule has 2 heterocycles. The van der Waals surface area contributed by atoms with Gasteiger partial charge in [-0.05, 0) is 22.9 Å². The Labute approximate surface area is 141 Å². The van der Waals surface area contributed by atoms with E-state index in [0.29, 0.717) is 15.7 Å². The van der Waals surface area contributed by atoms with Crippen molar-refractivity contribution in [3.05, 3.63) is 21.3 Å². The molecule has 21 heavy (non-hydrogen) atoms. The quantitative estimate of drug-likeness (QED) is 0.478. The molecule has 7 heteroatoms. The molecule has 0 aromatic carbocycles. The molecule has 0 saturated carbocycles. The first-order valence-corrected chi connectivity index (χ1v) is 9.05. The number of furan rings is 1. The molecular formula is C14H18BrNO3S2. The summed E-state index contributed by atoms with van der Waals surface area (Å²) in [4.78, 5) is 2.18. The van der Waals surface area contributed by atoms with E-state index in [1.807, 2.05) is 17.8 Å². The van der Waals surface area contributed by atoms with Crippen molar-refractivity contribution in [1.82, 2.24) is 0 Å². The Kier molecular flexibility index (Phi) is 6.60. The molecule has 0 spiro atoms. The van der Waals surface area contributed by atoms with Crippen molar-refractivity contribution in [3.63, 3.8) is 0 Å². The second-order valence-corrected chi connectivity index (χ2v) is 6.89. The fourth-order valence-electron chi connectivity index (χ4n) is 1.90. The second-order valence-electron chi connectivity index (χ2n) is 4.38. The van der Waals surface area contributed by atoms with E-state index < -0.39 is 0 Å². The average molecular weight is 392 g/mol. The van der Waals surface area contributed by atoms with E-state index in [2.05, 4.69) is 27.8 Å². The van der Waals surface area contributed by atoms with Gasteiger partial charge in [0.05, 0.1) is 15.6 Å². The highest BCUT2D eigenvalue weighted by atomic mass is 79.9. The zero-order valence-electron chi connectivity index (χ0n) is 12.1. The van der Waals surface area contributed by atoms with Crippen LogP contribution >= 0.6 is 39.9 Å². The van der Waals surface area contributed by atoms with Gasteiger partial charge < -0.3 is 18.5 Å². The van der Waals surface area contributed by atoms with Gasteiger partial charge in [0.15, 0.2) is 17.1 Å². The van der Waals surface area contributed by atoms with Gasteiger partial charge in [0, 0.05) is 37.8 Å². The van der Waals surface area contributed by atoms with Crippen LogP contribution in [0.1, 0.15) is 6.92 Å². The van der Waals surface area contributed by atoms with E-state index in [1.165, 1.54) is 0 Å². The van der Waals surface area contributed by atoms with Crippen LogP contribution in [0.5, 0.6) is 0 Å². The maximum absolute atomic E-state index is 5.93. The lowest BCUT2D eigenvalue weighted by atomic mass is 10.4. The summed E-state index contributed by atoms with van der Waals surface area (Å²) in [6.45, 7) is 4.66. The summed E-state index contributed by atoms with van der Waals surface area (Å²) in [5.74, 6) is 2.80. The molecule has 0 aliphatic rings. The maximum Gasteiger partial charge on any atom is 0.197 e. The van der Waals surface area contributed by atoms with Crippen LogP contribution in [-0.2, 0) is 4.74 Å². The van der Waals surface area contributed by atoms with Crippen LogP contribution in [0.2, 0.25) is 0 Å². The Bertz CT molecular complexity index is 641. The molecule has 2 aromatic rings. The fourth-order valence-corrected chi connectivity index (χ4v) is 3.34. The van der Waals surface area contributed by atoms with Gasteiger partial charge in [-0.1, -0.05) is 12.2 Å². The molecular weight excluding hydrogens is 374 g/mol. The molecule has 0 bridgehead atoms. The summed E-state index contributed by atoms with van der Waals surface area (Å²) < 4.78 is 17.8. The van der Waals surface area contributed by atoms with E-state index in [0.717, 1.165) is 41.6 Å².